The summed E-state index contributed by atoms with van der Waals surface area (Å²) < 4.78 is 32.2. The Hall–Kier alpha value is -1.41. The smallest absolute Gasteiger partial charge is 0.240 e. The SMILES string of the molecule is CCCOc1ccc(S(=O)(=O)NCC(O)c2ccsc2)cc1. The van der Waals surface area contributed by atoms with Crippen LogP contribution in [0.5, 0.6) is 5.75 Å². The van der Waals surface area contributed by atoms with Crippen LogP contribution in [0.25, 0.3) is 0 Å². The Balaban J connectivity index is 1.97. The van der Waals surface area contributed by atoms with Crippen LogP contribution < -0.4 is 9.46 Å². The van der Waals surface area contributed by atoms with Gasteiger partial charge in [0.2, 0.25) is 10.0 Å². The van der Waals surface area contributed by atoms with Crippen molar-refractivity contribution < 1.29 is 18.3 Å². The average Bonchev–Trinajstić information content (AvgIpc) is 3.05. The molecule has 1 atom stereocenters. The number of benzene rings is 1. The van der Waals surface area contributed by atoms with Gasteiger partial charge in [-0.25, -0.2) is 13.1 Å². The molecule has 2 aromatic rings. The summed E-state index contributed by atoms with van der Waals surface area (Å²) >= 11 is 1.45. The number of nitrogens with one attached hydrogen (secondary N) is 1. The second kappa shape index (κ2) is 7.73. The molecule has 0 amide bonds. The summed E-state index contributed by atoms with van der Waals surface area (Å²) in [6.07, 6.45) is 0.0374. The lowest BCUT2D eigenvalue weighted by atomic mass is 10.2. The third-order valence-corrected chi connectivity index (χ3v) is 5.14. The van der Waals surface area contributed by atoms with E-state index in [-0.39, 0.29) is 11.4 Å². The minimum absolute atomic E-state index is 0.0623. The van der Waals surface area contributed by atoms with Crippen molar-refractivity contribution in [3.8, 4) is 5.75 Å². The van der Waals surface area contributed by atoms with Crippen LogP contribution in [0.15, 0.2) is 46.0 Å². The summed E-state index contributed by atoms with van der Waals surface area (Å²) in [5.74, 6) is 0.638. The highest BCUT2D eigenvalue weighted by molar-refractivity contribution is 7.89. The standard InChI is InChI=1S/C15H19NO4S2/c1-2-8-20-13-3-5-14(6-4-13)22(18,19)16-10-15(17)12-7-9-21-11-12/h3-7,9,11,15-17H,2,8,10H2,1H3. The summed E-state index contributed by atoms with van der Waals surface area (Å²) in [6.45, 7) is 2.53. The van der Waals surface area contributed by atoms with Gasteiger partial charge < -0.3 is 9.84 Å². The van der Waals surface area contributed by atoms with Crippen molar-refractivity contribution in [1.82, 2.24) is 4.72 Å². The lowest BCUT2D eigenvalue weighted by Gasteiger charge is -2.11. The number of aliphatic hydroxyl groups excluding tert-OH is 1. The summed E-state index contributed by atoms with van der Waals surface area (Å²) in [6, 6.07) is 8.00. The fourth-order valence-electron chi connectivity index (χ4n) is 1.79. The molecule has 0 aliphatic rings. The van der Waals surface area contributed by atoms with Crippen molar-refractivity contribution in [2.24, 2.45) is 0 Å². The van der Waals surface area contributed by atoms with Crippen LogP contribution in [-0.2, 0) is 10.0 Å². The van der Waals surface area contributed by atoms with Crippen LogP contribution in [0.4, 0.5) is 0 Å². The number of hydrogen-bond donors (Lipinski definition) is 2. The minimum atomic E-state index is -3.65. The minimum Gasteiger partial charge on any atom is -0.494 e. The molecule has 22 heavy (non-hydrogen) atoms. The predicted molar refractivity (Wildman–Crippen MR) is 86.7 cm³/mol. The van der Waals surface area contributed by atoms with Crippen molar-refractivity contribution >= 4 is 21.4 Å². The molecule has 120 valence electrons. The molecule has 0 radical (unpaired) electrons. The van der Waals surface area contributed by atoms with Crippen LogP contribution in [0.3, 0.4) is 0 Å². The molecule has 1 aromatic carbocycles. The summed E-state index contributed by atoms with van der Waals surface area (Å²) in [5, 5.41) is 13.5. The second-order valence-corrected chi connectivity index (χ2v) is 7.29. The fourth-order valence-corrected chi connectivity index (χ4v) is 3.53. The molecule has 5 nitrogen and oxygen atoms in total. The zero-order chi connectivity index (χ0) is 16.0. The van der Waals surface area contributed by atoms with Gasteiger partial charge in [-0.2, -0.15) is 11.3 Å². The van der Waals surface area contributed by atoms with Crippen molar-refractivity contribution in [3.63, 3.8) is 0 Å². The Morgan fingerprint density at radius 2 is 2.00 bits per heavy atom. The first-order chi connectivity index (χ1) is 10.5. The van der Waals surface area contributed by atoms with Crippen LogP contribution in [0, 0.1) is 0 Å². The van der Waals surface area contributed by atoms with Gasteiger partial charge in [-0.1, -0.05) is 6.92 Å². The van der Waals surface area contributed by atoms with Crippen molar-refractivity contribution in [2.45, 2.75) is 24.3 Å². The highest BCUT2D eigenvalue weighted by Crippen LogP contribution is 2.18. The van der Waals surface area contributed by atoms with E-state index in [2.05, 4.69) is 4.72 Å². The van der Waals surface area contributed by atoms with E-state index < -0.39 is 16.1 Å². The van der Waals surface area contributed by atoms with E-state index in [0.717, 1.165) is 6.42 Å². The van der Waals surface area contributed by atoms with Gasteiger partial charge in [0, 0.05) is 6.54 Å². The third kappa shape index (κ3) is 4.54. The van der Waals surface area contributed by atoms with E-state index in [9.17, 15) is 13.5 Å². The number of sulfonamides is 1. The first kappa shape index (κ1) is 17.0. The van der Waals surface area contributed by atoms with Crippen LogP contribution in [-0.4, -0.2) is 26.7 Å². The Kier molecular flexibility index (Phi) is 5.96. The molecule has 0 bridgehead atoms. The molecular weight excluding hydrogens is 322 g/mol. The summed E-state index contributed by atoms with van der Waals surface area (Å²) in [4.78, 5) is 0.147. The van der Waals surface area contributed by atoms with Gasteiger partial charge in [0.1, 0.15) is 5.75 Å². The van der Waals surface area contributed by atoms with Gasteiger partial charge in [0.05, 0.1) is 17.6 Å². The third-order valence-electron chi connectivity index (χ3n) is 3.00. The molecule has 0 aliphatic carbocycles. The van der Waals surface area contributed by atoms with E-state index in [1.807, 2.05) is 12.3 Å². The number of ether oxygens (including phenoxy) is 1. The summed E-state index contributed by atoms with van der Waals surface area (Å²) in [7, 11) is -3.65. The fraction of sp³-hybridized carbons (Fsp3) is 0.333. The predicted octanol–water partition coefficient (Wildman–Crippen LogP) is 2.55. The number of hydrogen-bond acceptors (Lipinski definition) is 5. The highest BCUT2D eigenvalue weighted by Gasteiger charge is 2.17. The molecule has 7 heteroatoms. The number of aliphatic hydroxyl groups is 1. The van der Waals surface area contributed by atoms with Gasteiger partial charge >= 0.3 is 0 Å². The quantitative estimate of drug-likeness (QED) is 0.774. The zero-order valence-corrected chi connectivity index (χ0v) is 13.9. The van der Waals surface area contributed by atoms with Gasteiger partial charge in [0.25, 0.3) is 0 Å². The second-order valence-electron chi connectivity index (χ2n) is 4.74. The van der Waals surface area contributed by atoms with Gasteiger partial charge in [-0.3, -0.25) is 0 Å². The van der Waals surface area contributed by atoms with Gasteiger partial charge in [0.15, 0.2) is 0 Å². The molecule has 1 unspecified atom stereocenters. The van der Waals surface area contributed by atoms with E-state index in [1.165, 1.54) is 23.5 Å². The van der Waals surface area contributed by atoms with Crippen molar-refractivity contribution in [2.75, 3.05) is 13.2 Å². The normalized spacial score (nSPS) is 13.0. The number of thiophene rings is 1. The Morgan fingerprint density at radius 1 is 1.27 bits per heavy atom. The topological polar surface area (TPSA) is 75.6 Å². The lowest BCUT2D eigenvalue weighted by Crippen LogP contribution is -2.28. The van der Waals surface area contributed by atoms with Crippen LogP contribution in [0.1, 0.15) is 25.0 Å². The Labute approximate surface area is 134 Å². The lowest BCUT2D eigenvalue weighted by molar-refractivity contribution is 0.182. The first-order valence-electron chi connectivity index (χ1n) is 6.95. The Morgan fingerprint density at radius 3 is 2.59 bits per heavy atom. The van der Waals surface area contributed by atoms with E-state index in [0.29, 0.717) is 17.9 Å². The molecule has 1 aromatic heterocycles. The van der Waals surface area contributed by atoms with E-state index >= 15 is 0 Å². The molecule has 2 N–H and O–H groups in total. The molecular formula is C15H19NO4S2. The average molecular weight is 341 g/mol. The van der Waals surface area contributed by atoms with Crippen molar-refractivity contribution in [3.05, 3.63) is 46.7 Å². The maximum Gasteiger partial charge on any atom is 0.240 e. The molecule has 0 saturated carbocycles. The molecule has 0 fully saturated rings. The van der Waals surface area contributed by atoms with E-state index in [4.69, 9.17) is 4.74 Å². The van der Waals surface area contributed by atoms with Gasteiger partial charge in [-0.05, 0) is 53.1 Å². The largest absolute Gasteiger partial charge is 0.494 e. The Bertz CT molecular complexity index is 666. The molecule has 2 rings (SSSR count). The number of rotatable bonds is 8. The molecule has 0 spiro atoms. The molecule has 0 aliphatic heterocycles. The van der Waals surface area contributed by atoms with E-state index in [1.54, 1.807) is 23.6 Å². The monoisotopic (exact) mass is 341 g/mol. The first-order valence-corrected chi connectivity index (χ1v) is 9.38. The zero-order valence-electron chi connectivity index (χ0n) is 12.2. The summed E-state index contributed by atoms with van der Waals surface area (Å²) in [5.41, 5.74) is 0.705. The molecule has 1 heterocycles. The van der Waals surface area contributed by atoms with Crippen molar-refractivity contribution in [1.29, 1.82) is 0 Å². The molecule has 0 saturated heterocycles. The maximum atomic E-state index is 12.2. The maximum absolute atomic E-state index is 12.2. The highest BCUT2D eigenvalue weighted by atomic mass is 32.2. The van der Waals surface area contributed by atoms with Crippen LogP contribution >= 0.6 is 11.3 Å². The van der Waals surface area contributed by atoms with Crippen LogP contribution in [0.2, 0.25) is 0 Å². The van der Waals surface area contributed by atoms with Gasteiger partial charge in [-0.15, -0.1) is 0 Å².